The number of ether oxygens (including phenoxy) is 1. The van der Waals surface area contributed by atoms with Crippen LogP contribution >= 0.6 is 0 Å². The molecule has 0 unspecified atom stereocenters. The highest BCUT2D eigenvalue weighted by molar-refractivity contribution is 5.98. The van der Waals surface area contributed by atoms with Crippen molar-refractivity contribution in [3.63, 3.8) is 0 Å². The molecule has 0 fully saturated rings. The van der Waals surface area contributed by atoms with Gasteiger partial charge in [-0.2, -0.15) is 0 Å². The lowest BCUT2D eigenvalue weighted by Gasteiger charge is -2.20. The van der Waals surface area contributed by atoms with E-state index in [1.54, 1.807) is 7.11 Å². The third-order valence-corrected chi connectivity index (χ3v) is 3.08. The number of aryl methyl sites for hydroxylation is 2. The highest BCUT2D eigenvalue weighted by Crippen LogP contribution is 2.11. The number of hydrogen-bond acceptors (Lipinski definition) is 4. The molecule has 1 N–H and O–H groups in total. The molecular weight excluding hydrogens is 242 g/mol. The molecule has 1 aromatic carbocycles. The lowest BCUT2D eigenvalue weighted by molar-refractivity contribution is 0.0868. The van der Waals surface area contributed by atoms with E-state index in [-0.39, 0.29) is 12.4 Å². The Labute approximate surface area is 115 Å². The topological polar surface area (TPSA) is 49.8 Å². The highest BCUT2D eigenvalue weighted by atomic mass is 16.5. The Morgan fingerprint density at radius 1 is 1.32 bits per heavy atom. The van der Waals surface area contributed by atoms with E-state index in [4.69, 9.17) is 9.84 Å². The summed E-state index contributed by atoms with van der Waals surface area (Å²) in [6, 6.07) is 5.84. The molecule has 0 aromatic heterocycles. The van der Waals surface area contributed by atoms with Crippen LogP contribution < -0.4 is 0 Å². The Hall–Kier alpha value is -1.23. The second-order valence-electron chi connectivity index (χ2n) is 4.73. The summed E-state index contributed by atoms with van der Waals surface area (Å²) in [5.74, 6) is 0.0852. The molecule has 0 saturated heterocycles. The number of benzene rings is 1. The molecule has 0 aliphatic carbocycles. The molecule has 0 saturated carbocycles. The third kappa shape index (κ3) is 5.11. The van der Waals surface area contributed by atoms with Gasteiger partial charge in [0.25, 0.3) is 0 Å². The van der Waals surface area contributed by atoms with Gasteiger partial charge < -0.3 is 9.84 Å². The molecule has 0 atom stereocenters. The quantitative estimate of drug-likeness (QED) is 0.722. The smallest absolute Gasteiger partial charge is 0.177 e. The van der Waals surface area contributed by atoms with Crippen molar-refractivity contribution in [3.8, 4) is 0 Å². The first-order valence-electron chi connectivity index (χ1n) is 6.51. The molecule has 0 bridgehead atoms. The fraction of sp³-hybridized carbons (Fsp3) is 0.533. The first-order chi connectivity index (χ1) is 9.08. The van der Waals surface area contributed by atoms with Crippen LogP contribution in [0.4, 0.5) is 0 Å². The van der Waals surface area contributed by atoms with Crippen molar-refractivity contribution < 1.29 is 14.6 Å². The van der Waals surface area contributed by atoms with Crippen LogP contribution in [0.5, 0.6) is 0 Å². The predicted octanol–water partition coefficient (Wildman–Crippen LogP) is 1.43. The van der Waals surface area contributed by atoms with Crippen LogP contribution in [-0.4, -0.2) is 55.7 Å². The lowest BCUT2D eigenvalue weighted by Crippen LogP contribution is -2.35. The molecule has 1 aromatic rings. The van der Waals surface area contributed by atoms with Crippen molar-refractivity contribution in [3.05, 3.63) is 34.9 Å². The molecule has 4 nitrogen and oxygen atoms in total. The van der Waals surface area contributed by atoms with E-state index in [9.17, 15) is 4.79 Å². The number of hydrogen-bond donors (Lipinski definition) is 1. The minimum absolute atomic E-state index is 0.0455. The molecule has 106 valence electrons. The summed E-state index contributed by atoms with van der Waals surface area (Å²) in [5.41, 5.74) is 2.91. The van der Waals surface area contributed by atoms with E-state index in [1.165, 1.54) is 0 Å². The molecule has 19 heavy (non-hydrogen) atoms. The summed E-state index contributed by atoms with van der Waals surface area (Å²) in [6.07, 6.45) is 0. The van der Waals surface area contributed by atoms with Crippen molar-refractivity contribution in [2.24, 2.45) is 0 Å². The summed E-state index contributed by atoms with van der Waals surface area (Å²) in [5, 5.41) is 9.02. The normalized spacial score (nSPS) is 11.0. The zero-order chi connectivity index (χ0) is 14.3. The highest BCUT2D eigenvalue weighted by Gasteiger charge is 2.14. The maximum absolute atomic E-state index is 12.3. The zero-order valence-electron chi connectivity index (χ0n) is 12.0. The van der Waals surface area contributed by atoms with E-state index < -0.39 is 0 Å². The summed E-state index contributed by atoms with van der Waals surface area (Å²) >= 11 is 0. The van der Waals surface area contributed by atoms with E-state index in [2.05, 4.69) is 0 Å². The average molecular weight is 265 g/mol. The number of carbonyl (C=O) groups is 1. The van der Waals surface area contributed by atoms with Gasteiger partial charge in [-0.15, -0.1) is 0 Å². The molecular formula is C15H23NO3. The largest absolute Gasteiger partial charge is 0.395 e. The molecule has 0 spiro atoms. The maximum atomic E-state index is 12.3. The van der Waals surface area contributed by atoms with E-state index >= 15 is 0 Å². The number of rotatable bonds is 8. The molecule has 0 aliphatic rings. The minimum Gasteiger partial charge on any atom is -0.395 e. The van der Waals surface area contributed by atoms with Crippen LogP contribution in [0, 0.1) is 13.8 Å². The Bertz CT molecular complexity index is 418. The van der Waals surface area contributed by atoms with Gasteiger partial charge >= 0.3 is 0 Å². The maximum Gasteiger partial charge on any atom is 0.177 e. The van der Waals surface area contributed by atoms with Crippen LogP contribution in [0.25, 0.3) is 0 Å². The number of methoxy groups -OCH3 is 1. The Morgan fingerprint density at radius 3 is 2.63 bits per heavy atom. The van der Waals surface area contributed by atoms with Gasteiger partial charge in [0.1, 0.15) is 0 Å². The first kappa shape index (κ1) is 15.8. The van der Waals surface area contributed by atoms with Crippen molar-refractivity contribution in [1.82, 2.24) is 4.90 Å². The zero-order valence-corrected chi connectivity index (χ0v) is 12.0. The van der Waals surface area contributed by atoms with Gasteiger partial charge in [-0.25, -0.2) is 0 Å². The molecule has 0 heterocycles. The van der Waals surface area contributed by atoms with Crippen molar-refractivity contribution in [2.45, 2.75) is 13.8 Å². The summed E-state index contributed by atoms with van der Waals surface area (Å²) in [6.45, 7) is 6.01. The Kier molecular flexibility index (Phi) is 6.70. The number of ketones is 1. The monoisotopic (exact) mass is 265 g/mol. The van der Waals surface area contributed by atoms with Gasteiger partial charge in [-0.1, -0.05) is 23.8 Å². The Balaban J connectivity index is 2.69. The van der Waals surface area contributed by atoms with Crippen LogP contribution in [0.2, 0.25) is 0 Å². The first-order valence-corrected chi connectivity index (χ1v) is 6.51. The fourth-order valence-electron chi connectivity index (χ4n) is 2.05. The molecule has 0 aliphatic heterocycles. The second-order valence-corrected chi connectivity index (χ2v) is 4.73. The molecule has 1 rings (SSSR count). The minimum atomic E-state index is 0.0455. The molecule has 4 heteroatoms. The standard InChI is InChI=1S/C15H23NO3/c1-12-4-5-14(13(2)10-12)15(18)11-16(6-8-17)7-9-19-3/h4-5,10,17H,6-9,11H2,1-3H3. The lowest BCUT2D eigenvalue weighted by atomic mass is 10.0. The number of nitrogens with zero attached hydrogens (tertiary/aromatic N) is 1. The summed E-state index contributed by atoms with van der Waals surface area (Å²) in [4.78, 5) is 14.2. The van der Waals surface area contributed by atoms with Gasteiger partial charge in [0, 0.05) is 25.8 Å². The summed E-state index contributed by atoms with van der Waals surface area (Å²) < 4.78 is 5.01. The SMILES string of the molecule is COCCN(CCO)CC(=O)c1ccc(C)cc1C. The number of aliphatic hydroxyl groups excluding tert-OH is 1. The summed E-state index contributed by atoms with van der Waals surface area (Å²) in [7, 11) is 1.63. The molecule has 0 radical (unpaired) electrons. The van der Waals surface area contributed by atoms with Gasteiger partial charge in [0.15, 0.2) is 5.78 Å². The van der Waals surface area contributed by atoms with E-state index in [0.29, 0.717) is 26.2 Å². The van der Waals surface area contributed by atoms with Crippen LogP contribution in [0.15, 0.2) is 18.2 Å². The van der Waals surface area contributed by atoms with Crippen LogP contribution in [-0.2, 0) is 4.74 Å². The van der Waals surface area contributed by atoms with Gasteiger partial charge in [-0.05, 0) is 19.4 Å². The number of aliphatic hydroxyl groups is 1. The third-order valence-electron chi connectivity index (χ3n) is 3.08. The van der Waals surface area contributed by atoms with Gasteiger partial charge in [0.2, 0.25) is 0 Å². The van der Waals surface area contributed by atoms with E-state index in [0.717, 1.165) is 16.7 Å². The Morgan fingerprint density at radius 2 is 2.05 bits per heavy atom. The number of carbonyl (C=O) groups excluding carboxylic acids is 1. The molecule has 0 amide bonds. The predicted molar refractivity (Wildman–Crippen MR) is 75.6 cm³/mol. The van der Waals surface area contributed by atoms with Gasteiger partial charge in [0.05, 0.1) is 19.8 Å². The average Bonchev–Trinajstić information content (AvgIpc) is 2.36. The van der Waals surface area contributed by atoms with E-state index in [1.807, 2.05) is 36.9 Å². The second kappa shape index (κ2) is 8.04. The van der Waals surface area contributed by atoms with Crippen molar-refractivity contribution >= 4 is 5.78 Å². The van der Waals surface area contributed by atoms with Crippen LogP contribution in [0.1, 0.15) is 21.5 Å². The fourth-order valence-corrected chi connectivity index (χ4v) is 2.05. The van der Waals surface area contributed by atoms with Crippen molar-refractivity contribution in [2.75, 3.05) is 40.0 Å². The van der Waals surface area contributed by atoms with Gasteiger partial charge in [-0.3, -0.25) is 9.69 Å². The number of Topliss-reactive ketones (excluding diaryl/α,β-unsaturated/α-hetero) is 1. The van der Waals surface area contributed by atoms with Crippen molar-refractivity contribution in [1.29, 1.82) is 0 Å². The van der Waals surface area contributed by atoms with Crippen LogP contribution in [0.3, 0.4) is 0 Å².